The van der Waals surface area contributed by atoms with Crippen LogP contribution >= 0.6 is 0 Å². The van der Waals surface area contributed by atoms with Gasteiger partial charge in [-0.05, 0) is 13.0 Å². The Labute approximate surface area is 54.8 Å². The van der Waals surface area contributed by atoms with Crippen molar-refractivity contribution in [2.75, 3.05) is 13.1 Å². The predicted octanol–water partition coefficient (Wildman–Crippen LogP) is -0.501. The van der Waals surface area contributed by atoms with Gasteiger partial charge in [-0.25, -0.2) is 5.32 Å². The van der Waals surface area contributed by atoms with Crippen molar-refractivity contribution in [1.82, 2.24) is 10.6 Å². The molecule has 0 aromatic carbocycles. The van der Waals surface area contributed by atoms with E-state index in [0.717, 1.165) is 19.5 Å². The van der Waals surface area contributed by atoms with Crippen molar-refractivity contribution in [2.24, 2.45) is 0 Å². The van der Waals surface area contributed by atoms with E-state index in [0.29, 0.717) is 0 Å². The molecule has 0 saturated carbocycles. The summed E-state index contributed by atoms with van der Waals surface area (Å²) in [6, 6.07) is 0.252. The van der Waals surface area contributed by atoms with Crippen LogP contribution in [-0.2, 0) is 4.79 Å². The lowest BCUT2D eigenvalue weighted by molar-refractivity contribution is -0.119. The molecule has 3 nitrogen and oxygen atoms in total. The molecule has 9 heavy (non-hydrogen) atoms. The van der Waals surface area contributed by atoms with Gasteiger partial charge in [-0.1, -0.05) is 0 Å². The lowest BCUT2D eigenvalue weighted by atomic mass is 10.3. The van der Waals surface area contributed by atoms with Gasteiger partial charge in [0.25, 0.3) is 0 Å². The van der Waals surface area contributed by atoms with E-state index < -0.39 is 0 Å². The monoisotopic (exact) mass is 127 g/mol. The van der Waals surface area contributed by atoms with Gasteiger partial charge in [0.05, 0.1) is 6.04 Å². The first kappa shape index (κ1) is 6.55. The SMILES string of the molecule is CC(=O)[N]C1CCNC1. The molecule has 1 N–H and O–H groups in total. The third-order valence-corrected chi connectivity index (χ3v) is 1.40. The second kappa shape index (κ2) is 2.82. The Morgan fingerprint density at radius 3 is 3.00 bits per heavy atom. The van der Waals surface area contributed by atoms with Crippen LogP contribution in [-0.4, -0.2) is 25.0 Å². The molecule has 0 aromatic rings. The first-order valence-corrected chi connectivity index (χ1v) is 3.21. The summed E-state index contributed by atoms with van der Waals surface area (Å²) in [5.41, 5.74) is 0. The van der Waals surface area contributed by atoms with E-state index in [1.807, 2.05) is 0 Å². The molecule has 0 aromatic heterocycles. The molecule has 0 aliphatic carbocycles. The second-order valence-corrected chi connectivity index (χ2v) is 2.29. The zero-order chi connectivity index (χ0) is 6.69. The van der Waals surface area contributed by atoms with Crippen LogP contribution in [0.4, 0.5) is 0 Å². The Morgan fingerprint density at radius 2 is 2.56 bits per heavy atom. The number of amides is 1. The Hall–Kier alpha value is -0.570. The highest BCUT2D eigenvalue weighted by Gasteiger charge is 2.15. The molecule has 1 fully saturated rings. The maximum absolute atomic E-state index is 10.4. The first-order chi connectivity index (χ1) is 4.29. The molecule has 1 radical (unpaired) electrons. The molecule has 1 rings (SSSR count). The van der Waals surface area contributed by atoms with Crippen molar-refractivity contribution < 1.29 is 4.79 Å². The van der Waals surface area contributed by atoms with Crippen molar-refractivity contribution in [3.63, 3.8) is 0 Å². The minimum atomic E-state index is -0.0521. The Bertz CT molecular complexity index is 108. The van der Waals surface area contributed by atoms with E-state index in [4.69, 9.17) is 0 Å². The third kappa shape index (κ3) is 2.01. The Morgan fingerprint density at radius 1 is 1.78 bits per heavy atom. The van der Waals surface area contributed by atoms with E-state index in [1.54, 1.807) is 0 Å². The third-order valence-electron chi connectivity index (χ3n) is 1.40. The fourth-order valence-electron chi connectivity index (χ4n) is 1.01. The minimum Gasteiger partial charge on any atom is -0.315 e. The van der Waals surface area contributed by atoms with Crippen molar-refractivity contribution >= 4 is 5.91 Å². The molecule has 1 unspecified atom stereocenters. The van der Waals surface area contributed by atoms with E-state index >= 15 is 0 Å². The first-order valence-electron chi connectivity index (χ1n) is 3.21. The van der Waals surface area contributed by atoms with E-state index in [1.165, 1.54) is 6.92 Å². The topological polar surface area (TPSA) is 43.2 Å². The van der Waals surface area contributed by atoms with Gasteiger partial charge in [-0.3, -0.25) is 4.79 Å². The summed E-state index contributed by atoms with van der Waals surface area (Å²) in [6.45, 7) is 3.37. The summed E-state index contributed by atoms with van der Waals surface area (Å²) in [6.07, 6.45) is 1.01. The number of carbonyl (C=O) groups is 1. The van der Waals surface area contributed by atoms with Crippen LogP contribution in [0.1, 0.15) is 13.3 Å². The lowest BCUT2D eigenvalue weighted by Crippen LogP contribution is -2.27. The molecule has 1 aliphatic heterocycles. The fourth-order valence-corrected chi connectivity index (χ4v) is 1.01. The number of nitrogens with one attached hydrogen (secondary N) is 1. The van der Waals surface area contributed by atoms with Gasteiger partial charge < -0.3 is 5.32 Å². The minimum absolute atomic E-state index is 0.0521. The zero-order valence-electron chi connectivity index (χ0n) is 5.55. The van der Waals surface area contributed by atoms with Gasteiger partial charge in [0, 0.05) is 13.5 Å². The molecule has 1 heterocycles. The van der Waals surface area contributed by atoms with Crippen LogP contribution in [0.3, 0.4) is 0 Å². The van der Waals surface area contributed by atoms with Gasteiger partial charge in [0.1, 0.15) is 0 Å². The van der Waals surface area contributed by atoms with Gasteiger partial charge in [-0.2, -0.15) is 0 Å². The smallest absolute Gasteiger partial charge is 0.238 e. The summed E-state index contributed by atoms with van der Waals surface area (Å²) in [4.78, 5) is 10.4. The summed E-state index contributed by atoms with van der Waals surface area (Å²) < 4.78 is 0. The number of nitrogens with zero attached hydrogens (tertiary/aromatic N) is 1. The number of carbonyl (C=O) groups excluding carboxylic acids is 1. The number of hydrogen-bond acceptors (Lipinski definition) is 2. The van der Waals surface area contributed by atoms with Crippen molar-refractivity contribution in [1.29, 1.82) is 0 Å². The maximum Gasteiger partial charge on any atom is 0.238 e. The molecule has 1 saturated heterocycles. The van der Waals surface area contributed by atoms with Crippen LogP contribution in [0, 0.1) is 0 Å². The maximum atomic E-state index is 10.4. The number of hydrogen-bond donors (Lipinski definition) is 1. The summed E-state index contributed by atoms with van der Waals surface area (Å²) in [5, 5.41) is 7.01. The van der Waals surface area contributed by atoms with E-state index in [-0.39, 0.29) is 11.9 Å². The highest BCUT2D eigenvalue weighted by atomic mass is 16.1. The molecule has 1 aliphatic rings. The molecule has 1 atom stereocenters. The van der Waals surface area contributed by atoms with Crippen molar-refractivity contribution in [2.45, 2.75) is 19.4 Å². The average molecular weight is 127 g/mol. The molecule has 3 heteroatoms. The largest absolute Gasteiger partial charge is 0.315 e. The Kier molecular flexibility index (Phi) is 2.05. The van der Waals surface area contributed by atoms with Gasteiger partial charge >= 0.3 is 0 Å². The normalized spacial score (nSPS) is 26.1. The molecular weight excluding hydrogens is 116 g/mol. The zero-order valence-corrected chi connectivity index (χ0v) is 5.55. The summed E-state index contributed by atoms with van der Waals surface area (Å²) in [5.74, 6) is -0.0521. The molecule has 0 spiro atoms. The highest BCUT2D eigenvalue weighted by molar-refractivity contribution is 5.72. The van der Waals surface area contributed by atoms with Gasteiger partial charge in [0.2, 0.25) is 5.91 Å². The quantitative estimate of drug-likeness (QED) is 0.516. The van der Waals surface area contributed by atoms with Crippen LogP contribution < -0.4 is 10.6 Å². The molecule has 51 valence electrons. The van der Waals surface area contributed by atoms with Gasteiger partial charge in [0.15, 0.2) is 0 Å². The summed E-state index contributed by atoms with van der Waals surface area (Å²) >= 11 is 0. The van der Waals surface area contributed by atoms with Gasteiger partial charge in [-0.15, -0.1) is 0 Å². The van der Waals surface area contributed by atoms with Crippen LogP contribution in [0.25, 0.3) is 0 Å². The van der Waals surface area contributed by atoms with Crippen molar-refractivity contribution in [3.05, 3.63) is 0 Å². The number of rotatable bonds is 1. The molecule has 1 amide bonds. The standard InChI is InChI=1S/C6H11N2O/c1-5(9)8-6-2-3-7-4-6/h6-7H,2-4H2,1H3. The second-order valence-electron chi connectivity index (χ2n) is 2.29. The highest BCUT2D eigenvalue weighted by Crippen LogP contribution is 1.97. The molecular formula is C6H11N2O. The van der Waals surface area contributed by atoms with Crippen LogP contribution in [0.15, 0.2) is 0 Å². The lowest BCUT2D eigenvalue weighted by Gasteiger charge is -2.03. The van der Waals surface area contributed by atoms with Crippen LogP contribution in [0.5, 0.6) is 0 Å². The summed E-state index contributed by atoms with van der Waals surface area (Å²) in [7, 11) is 0. The fraction of sp³-hybridized carbons (Fsp3) is 0.833. The van der Waals surface area contributed by atoms with E-state index in [9.17, 15) is 4.79 Å². The Balaban J connectivity index is 2.19. The van der Waals surface area contributed by atoms with Crippen LogP contribution in [0.2, 0.25) is 0 Å². The predicted molar refractivity (Wildman–Crippen MR) is 34.1 cm³/mol. The average Bonchev–Trinajstić information content (AvgIpc) is 2.15. The van der Waals surface area contributed by atoms with E-state index in [2.05, 4.69) is 10.6 Å². The molecule has 0 bridgehead atoms. The van der Waals surface area contributed by atoms with Crippen molar-refractivity contribution in [3.8, 4) is 0 Å².